The molecule has 0 aromatic heterocycles. The van der Waals surface area contributed by atoms with E-state index in [0.717, 1.165) is 11.1 Å². The largest absolute Gasteiger partial charge is 0.459 e. The molecular formula is C13H16O2. The van der Waals surface area contributed by atoms with E-state index in [1.807, 2.05) is 50.3 Å². The number of hydrogen-bond donors (Lipinski definition) is 0. The maximum absolute atomic E-state index is 10.7. The van der Waals surface area contributed by atoms with E-state index in [0.29, 0.717) is 0 Å². The standard InChI is InChI=1S/C13H16O2/c1-10(9-11(2)15-12(3)14)13-7-5-4-6-8-13/h4-9,11H,1-3H3/b10-9+/t11-/m1/s1. The molecule has 1 aromatic rings. The Labute approximate surface area is 90.6 Å². The second kappa shape index (κ2) is 5.35. The summed E-state index contributed by atoms with van der Waals surface area (Å²) in [6.07, 6.45) is 1.76. The van der Waals surface area contributed by atoms with Crippen molar-refractivity contribution in [3.8, 4) is 0 Å². The number of benzene rings is 1. The van der Waals surface area contributed by atoms with E-state index < -0.39 is 0 Å². The normalized spacial score (nSPS) is 13.4. The van der Waals surface area contributed by atoms with Crippen LogP contribution in [0.3, 0.4) is 0 Å². The summed E-state index contributed by atoms with van der Waals surface area (Å²) in [5, 5.41) is 0. The molecule has 0 aliphatic heterocycles. The summed E-state index contributed by atoms with van der Waals surface area (Å²) >= 11 is 0. The highest BCUT2D eigenvalue weighted by atomic mass is 16.5. The van der Waals surface area contributed by atoms with Gasteiger partial charge in [-0.15, -0.1) is 0 Å². The fourth-order valence-corrected chi connectivity index (χ4v) is 1.45. The van der Waals surface area contributed by atoms with Gasteiger partial charge in [0.25, 0.3) is 0 Å². The summed E-state index contributed by atoms with van der Waals surface area (Å²) in [6, 6.07) is 10.0. The monoisotopic (exact) mass is 204 g/mol. The molecule has 15 heavy (non-hydrogen) atoms. The van der Waals surface area contributed by atoms with Gasteiger partial charge in [0.2, 0.25) is 0 Å². The Balaban J connectivity index is 2.71. The first-order chi connectivity index (χ1) is 7.09. The zero-order valence-electron chi connectivity index (χ0n) is 9.36. The zero-order valence-corrected chi connectivity index (χ0v) is 9.36. The second-order valence-electron chi connectivity index (χ2n) is 3.53. The minimum atomic E-state index is -0.250. The Morgan fingerprint density at radius 3 is 2.40 bits per heavy atom. The summed E-state index contributed by atoms with van der Waals surface area (Å²) < 4.78 is 5.03. The summed E-state index contributed by atoms with van der Waals surface area (Å²) in [6.45, 7) is 5.28. The van der Waals surface area contributed by atoms with E-state index >= 15 is 0 Å². The third-order valence-corrected chi connectivity index (χ3v) is 2.07. The van der Waals surface area contributed by atoms with E-state index in [2.05, 4.69) is 0 Å². The number of esters is 1. The van der Waals surface area contributed by atoms with Gasteiger partial charge in [-0.2, -0.15) is 0 Å². The van der Waals surface area contributed by atoms with Crippen molar-refractivity contribution in [2.45, 2.75) is 26.9 Å². The third kappa shape index (κ3) is 3.98. The molecule has 0 heterocycles. The highest BCUT2D eigenvalue weighted by Crippen LogP contribution is 2.14. The van der Waals surface area contributed by atoms with E-state index in [1.54, 1.807) is 0 Å². The van der Waals surface area contributed by atoms with Crippen molar-refractivity contribution < 1.29 is 9.53 Å². The van der Waals surface area contributed by atoms with Gasteiger partial charge in [0, 0.05) is 6.92 Å². The Morgan fingerprint density at radius 2 is 1.87 bits per heavy atom. The van der Waals surface area contributed by atoms with Crippen LogP contribution in [0.25, 0.3) is 5.57 Å². The SMILES string of the molecule is CC(=O)O[C@H](C)/C=C(\C)c1ccccc1. The van der Waals surface area contributed by atoms with Crippen LogP contribution in [0.5, 0.6) is 0 Å². The lowest BCUT2D eigenvalue weighted by Gasteiger charge is -2.09. The first kappa shape index (κ1) is 11.5. The molecule has 0 aliphatic rings. The van der Waals surface area contributed by atoms with Crippen LogP contribution in [0, 0.1) is 0 Å². The molecule has 1 rings (SSSR count). The molecule has 0 spiro atoms. The predicted molar refractivity (Wildman–Crippen MR) is 61.3 cm³/mol. The van der Waals surface area contributed by atoms with Crippen LogP contribution in [-0.4, -0.2) is 12.1 Å². The maximum atomic E-state index is 10.7. The molecule has 0 aliphatic carbocycles. The molecule has 0 radical (unpaired) electrons. The van der Waals surface area contributed by atoms with Gasteiger partial charge in [-0.25, -0.2) is 0 Å². The Morgan fingerprint density at radius 1 is 1.27 bits per heavy atom. The molecular weight excluding hydrogens is 188 g/mol. The Bertz CT molecular complexity index is 352. The van der Waals surface area contributed by atoms with Gasteiger partial charge in [-0.3, -0.25) is 4.79 Å². The van der Waals surface area contributed by atoms with Gasteiger partial charge in [0.05, 0.1) is 0 Å². The van der Waals surface area contributed by atoms with E-state index in [1.165, 1.54) is 6.92 Å². The summed E-state index contributed by atoms with van der Waals surface area (Å²) in [4.78, 5) is 10.7. The van der Waals surface area contributed by atoms with Gasteiger partial charge in [-0.05, 0) is 31.1 Å². The number of rotatable bonds is 3. The number of carbonyl (C=O) groups is 1. The van der Waals surface area contributed by atoms with Crippen LogP contribution in [0.2, 0.25) is 0 Å². The topological polar surface area (TPSA) is 26.3 Å². The van der Waals surface area contributed by atoms with Crippen LogP contribution in [-0.2, 0) is 9.53 Å². The lowest BCUT2D eigenvalue weighted by molar-refractivity contribution is -0.143. The molecule has 0 unspecified atom stereocenters. The van der Waals surface area contributed by atoms with Gasteiger partial charge in [0.15, 0.2) is 0 Å². The molecule has 0 saturated heterocycles. The molecule has 0 saturated carbocycles. The molecule has 0 fully saturated rings. The average molecular weight is 204 g/mol. The predicted octanol–water partition coefficient (Wildman–Crippen LogP) is 3.04. The van der Waals surface area contributed by atoms with Gasteiger partial charge in [0.1, 0.15) is 6.10 Å². The van der Waals surface area contributed by atoms with Crippen LogP contribution in [0.4, 0.5) is 0 Å². The minimum Gasteiger partial charge on any atom is -0.459 e. The van der Waals surface area contributed by atoms with E-state index in [4.69, 9.17) is 4.74 Å². The van der Waals surface area contributed by atoms with Gasteiger partial charge in [-0.1, -0.05) is 30.3 Å². The lowest BCUT2D eigenvalue weighted by atomic mass is 10.1. The van der Waals surface area contributed by atoms with Crippen LogP contribution >= 0.6 is 0 Å². The van der Waals surface area contributed by atoms with E-state index in [9.17, 15) is 4.79 Å². The highest BCUT2D eigenvalue weighted by Gasteiger charge is 2.02. The quantitative estimate of drug-likeness (QED) is 0.707. The molecule has 0 amide bonds. The third-order valence-electron chi connectivity index (χ3n) is 2.07. The number of carbonyl (C=O) groups excluding carboxylic acids is 1. The highest BCUT2D eigenvalue weighted by molar-refractivity contribution is 5.68. The Hall–Kier alpha value is -1.57. The maximum Gasteiger partial charge on any atom is 0.303 e. The Kier molecular flexibility index (Phi) is 4.10. The van der Waals surface area contributed by atoms with Crippen molar-refractivity contribution in [3.05, 3.63) is 42.0 Å². The molecule has 0 N–H and O–H groups in total. The van der Waals surface area contributed by atoms with Crippen molar-refractivity contribution in [2.75, 3.05) is 0 Å². The minimum absolute atomic E-state index is 0.178. The fourth-order valence-electron chi connectivity index (χ4n) is 1.45. The average Bonchev–Trinajstić information content (AvgIpc) is 2.17. The molecule has 0 bridgehead atoms. The number of ether oxygens (including phenoxy) is 1. The lowest BCUT2D eigenvalue weighted by Crippen LogP contribution is -2.09. The summed E-state index contributed by atoms with van der Waals surface area (Å²) in [7, 11) is 0. The van der Waals surface area contributed by atoms with Crippen LogP contribution in [0.1, 0.15) is 26.3 Å². The smallest absolute Gasteiger partial charge is 0.303 e. The zero-order chi connectivity index (χ0) is 11.3. The van der Waals surface area contributed by atoms with Gasteiger partial charge >= 0.3 is 5.97 Å². The molecule has 80 valence electrons. The first-order valence-corrected chi connectivity index (χ1v) is 5.00. The van der Waals surface area contributed by atoms with Crippen molar-refractivity contribution in [2.24, 2.45) is 0 Å². The van der Waals surface area contributed by atoms with Crippen molar-refractivity contribution in [3.63, 3.8) is 0 Å². The van der Waals surface area contributed by atoms with Crippen LogP contribution in [0.15, 0.2) is 36.4 Å². The molecule has 1 aromatic carbocycles. The van der Waals surface area contributed by atoms with Crippen molar-refractivity contribution in [1.29, 1.82) is 0 Å². The summed E-state index contributed by atoms with van der Waals surface area (Å²) in [5.74, 6) is -0.250. The van der Waals surface area contributed by atoms with Gasteiger partial charge < -0.3 is 4.74 Å². The fraction of sp³-hybridized carbons (Fsp3) is 0.308. The first-order valence-electron chi connectivity index (χ1n) is 5.00. The molecule has 2 heteroatoms. The van der Waals surface area contributed by atoms with Crippen molar-refractivity contribution >= 4 is 11.5 Å². The summed E-state index contributed by atoms with van der Waals surface area (Å²) in [5.41, 5.74) is 2.26. The van der Waals surface area contributed by atoms with Crippen molar-refractivity contribution in [1.82, 2.24) is 0 Å². The number of hydrogen-bond acceptors (Lipinski definition) is 2. The molecule has 2 nitrogen and oxygen atoms in total. The van der Waals surface area contributed by atoms with E-state index in [-0.39, 0.29) is 12.1 Å². The van der Waals surface area contributed by atoms with Crippen LogP contribution < -0.4 is 0 Å². The second-order valence-corrected chi connectivity index (χ2v) is 3.53. The number of allylic oxidation sites excluding steroid dienone is 1. The molecule has 1 atom stereocenters.